The van der Waals surface area contributed by atoms with E-state index in [-0.39, 0.29) is 12.3 Å². The molecule has 0 fully saturated rings. The van der Waals surface area contributed by atoms with E-state index in [2.05, 4.69) is 5.32 Å². The molecule has 2 aromatic rings. The number of carbonyl (C=O) groups is 1. The molecule has 0 radical (unpaired) electrons. The van der Waals surface area contributed by atoms with E-state index in [4.69, 9.17) is 16.3 Å². The van der Waals surface area contributed by atoms with Crippen molar-refractivity contribution in [3.8, 4) is 5.75 Å². The second-order valence-corrected chi connectivity index (χ2v) is 4.93. The standard InChI is InChI=1S/C15H12ClFN2O4/c16-12-4-2-1-3-10(12)8-18-15(20)9-23-14-7-11(17)5-6-13(14)19(21)22/h1-7H,8-9H2,(H,18,20). The van der Waals surface area contributed by atoms with Gasteiger partial charge in [-0.1, -0.05) is 29.8 Å². The molecule has 23 heavy (non-hydrogen) atoms. The number of nitro groups is 1. The minimum absolute atomic E-state index is 0.188. The normalized spacial score (nSPS) is 10.2. The van der Waals surface area contributed by atoms with Gasteiger partial charge in [0.15, 0.2) is 6.61 Å². The summed E-state index contributed by atoms with van der Waals surface area (Å²) < 4.78 is 18.2. The number of nitro benzene ring substituents is 1. The first-order chi connectivity index (χ1) is 11.0. The third kappa shape index (κ3) is 4.65. The maximum atomic E-state index is 13.1. The van der Waals surface area contributed by atoms with Gasteiger partial charge in [0.25, 0.3) is 5.91 Å². The Hall–Kier alpha value is -2.67. The van der Waals surface area contributed by atoms with Crippen LogP contribution < -0.4 is 10.1 Å². The Kier molecular flexibility index (Phi) is 5.48. The van der Waals surface area contributed by atoms with Crippen molar-refractivity contribution in [1.82, 2.24) is 5.32 Å². The van der Waals surface area contributed by atoms with E-state index in [0.717, 1.165) is 23.8 Å². The molecule has 0 atom stereocenters. The van der Waals surface area contributed by atoms with Gasteiger partial charge >= 0.3 is 5.69 Å². The topological polar surface area (TPSA) is 81.5 Å². The molecule has 1 amide bonds. The number of benzene rings is 2. The van der Waals surface area contributed by atoms with E-state index in [1.165, 1.54) is 0 Å². The molecule has 0 aliphatic carbocycles. The van der Waals surface area contributed by atoms with Crippen LogP contribution in [0.5, 0.6) is 5.75 Å². The zero-order chi connectivity index (χ0) is 16.8. The number of amides is 1. The molecule has 0 spiro atoms. The Balaban J connectivity index is 1.93. The lowest BCUT2D eigenvalue weighted by Gasteiger charge is -2.09. The summed E-state index contributed by atoms with van der Waals surface area (Å²) >= 11 is 5.95. The summed E-state index contributed by atoms with van der Waals surface area (Å²) in [5, 5.41) is 13.9. The van der Waals surface area contributed by atoms with E-state index in [9.17, 15) is 19.3 Å². The first-order valence-electron chi connectivity index (χ1n) is 6.54. The maximum Gasteiger partial charge on any atom is 0.311 e. The number of nitrogens with zero attached hydrogens (tertiary/aromatic N) is 1. The highest BCUT2D eigenvalue weighted by atomic mass is 35.5. The molecule has 0 aliphatic heterocycles. The first kappa shape index (κ1) is 16.7. The van der Waals surface area contributed by atoms with Gasteiger partial charge in [-0.2, -0.15) is 0 Å². The van der Waals surface area contributed by atoms with Gasteiger partial charge < -0.3 is 10.1 Å². The zero-order valence-corrected chi connectivity index (χ0v) is 12.5. The van der Waals surface area contributed by atoms with Crippen LogP contribution in [0.3, 0.4) is 0 Å². The molecule has 0 heterocycles. The highest BCUT2D eigenvalue weighted by molar-refractivity contribution is 6.31. The molecule has 0 saturated carbocycles. The number of ether oxygens (including phenoxy) is 1. The third-order valence-corrected chi connectivity index (χ3v) is 3.28. The molecule has 6 nitrogen and oxygen atoms in total. The Labute approximate surface area is 136 Å². The number of hydrogen-bond acceptors (Lipinski definition) is 4. The number of hydrogen-bond donors (Lipinski definition) is 1. The SMILES string of the molecule is O=C(COc1cc(F)ccc1[N+](=O)[O-])NCc1ccccc1Cl. The second-order valence-electron chi connectivity index (χ2n) is 4.53. The monoisotopic (exact) mass is 338 g/mol. The molecule has 120 valence electrons. The van der Waals surface area contributed by atoms with Gasteiger partial charge in [-0.15, -0.1) is 0 Å². The Morgan fingerprint density at radius 2 is 2.04 bits per heavy atom. The van der Waals surface area contributed by atoms with Crippen molar-refractivity contribution in [3.63, 3.8) is 0 Å². The Bertz CT molecular complexity index is 739. The van der Waals surface area contributed by atoms with Crippen molar-refractivity contribution in [2.24, 2.45) is 0 Å². The van der Waals surface area contributed by atoms with Crippen molar-refractivity contribution in [1.29, 1.82) is 0 Å². The van der Waals surface area contributed by atoms with E-state index >= 15 is 0 Å². The summed E-state index contributed by atoms with van der Waals surface area (Å²) in [6, 6.07) is 9.77. The minimum Gasteiger partial charge on any atom is -0.477 e. The predicted octanol–water partition coefficient (Wildman–Crippen LogP) is 3.08. The fourth-order valence-corrected chi connectivity index (χ4v) is 1.99. The fraction of sp³-hybridized carbons (Fsp3) is 0.133. The molecule has 0 saturated heterocycles. The van der Waals surface area contributed by atoms with Crippen LogP contribution in [-0.2, 0) is 11.3 Å². The molecule has 2 rings (SSSR count). The highest BCUT2D eigenvalue weighted by Gasteiger charge is 2.17. The summed E-state index contributed by atoms with van der Waals surface area (Å²) in [4.78, 5) is 21.8. The van der Waals surface area contributed by atoms with Gasteiger partial charge in [0.2, 0.25) is 5.75 Å². The van der Waals surface area contributed by atoms with Crippen LogP contribution in [0.1, 0.15) is 5.56 Å². The van der Waals surface area contributed by atoms with Crippen molar-refractivity contribution < 1.29 is 18.8 Å². The fourth-order valence-electron chi connectivity index (χ4n) is 1.78. The zero-order valence-electron chi connectivity index (χ0n) is 11.8. The third-order valence-electron chi connectivity index (χ3n) is 2.91. The number of halogens is 2. The van der Waals surface area contributed by atoms with Gasteiger partial charge in [-0.3, -0.25) is 14.9 Å². The number of carbonyl (C=O) groups excluding carboxylic acids is 1. The molecular weight excluding hydrogens is 327 g/mol. The van der Waals surface area contributed by atoms with E-state index in [1.54, 1.807) is 24.3 Å². The lowest BCUT2D eigenvalue weighted by Crippen LogP contribution is -2.28. The van der Waals surface area contributed by atoms with Gasteiger partial charge in [0, 0.05) is 23.7 Å². The van der Waals surface area contributed by atoms with Crippen LogP contribution in [0.4, 0.5) is 10.1 Å². The average Bonchev–Trinajstić information content (AvgIpc) is 2.52. The van der Waals surface area contributed by atoms with Gasteiger partial charge in [0.05, 0.1) is 4.92 Å². The van der Waals surface area contributed by atoms with E-state index in [1.807, 2.05) is 0 Å². The van der Waals surface area contributed by atoms with Crippen molar-refractivity contribution in [3.05, 3.63) is 69.0 Å². The quantitative estimate of drug-likeness (QED) is 0.648. The van der Waals surface area contributed by atoms with Crippen LogP contribution in [0, 0.1) is 15.9 Å². The second kappa shape index (κ2) is 7.55. The minimum atomic E-state index is -0.712. The molecular formula is C15H12ClFN2O4. The smallest absolute Gasteiger partial charge is 0.311 e. The van der Waals surface area contributed by atoms with E-state index in [0.29, 0.717) is 5.02 Å². The molecule has 8 heteroatoms. The Morgan fingerprint density at radius 1 is 1.30 bits per heavy atom. The predicted molar refractivity (Wildman–Crippen MR) is 81.8 cm³/mol. The number of rotatable bonds is 6. The molecule has 0 bridgehead atoms. The summed E-state index contributed by atoms with van der Waals surface area (Å²) in [5.41, 5.74) is 0.310. The van der Waals surface area contributed by atoms with Gasteiger partial charge in [-0.05, 0) is 17.7 Å². The van der Waals surface area contributed by atoms with Gasteiger partial charge in [-0.25, -0.2) is 4.39 Å². The largest absolute Gasteiger partial charge is 0.477 e. The summed E-state index contributed by atoms with van der Waals surface area (Å²) in [5.74, 6) is -1.51. The lowest BCUT2D eigenvalue weighted by atomic mass is 10.2. The van der Waals surface area contributed by atoms with Crippen molar-refractivity contribution >= 4 is 23.2 Å². The molecule has 0 unspecified atom stereocenters. The summed E-state index contributed by atoms with van der Waals surface area (Å²) in [7, 11) is 0. The van der Waals surface area contributed by atoms with Crippen molar-refractivity contribution in [2.75, 3.05) is 6.61 Å². The Morgan fingerprint density at radius 3 is 2.74 bits per heavy atom. The van der Waals surface area contributed by atoms with E-state index < -0.39 is 28.9 Å². The summed E-state index contributed by atoms with van der Waals surface area (Å²) in [6.07, 6.45) is 0. The molecule has 2 aromatic carbocycles. The first-order valence-corrected chi connectivity index (χ1v) is 6.92. The maximum absolute atomic E-state index is 13.1. The number of nitrogens with one attached hydrogen (secondary N) is 1. The average molecular weight is 339 g/mol. The van der Waals surface area contributed by atoms with Crippen LogP contribution in [0.25, 0.3) is 0 Å². The van der Waals surface area contributed by atoms with Gasteiger partial charge in [0.1, 0.15) is 5.82 Å². The van der Waals surface area contributed by atoms with Crippen molar-refractivity contribution in [2.45, 2.75) is 6.54 Å². The highest BCUT2D eigenvalue weighted by Crippen LogP contribution is 2.27. The summed E-state index contributed by atoms with van der Waals surface area (Å²) in [6.45, 7) is -0.290. The van der Waals surface area contributed by atoms with Crippen LogP contribution in [0.15, 0.2) is 42.5 Å². The lowest BCUT2D eigenvalue weighted by molar-refractivity contribution is -0.385. The van der Waals surface area contributed by atoms with Crippen LogP contribution in [-0.4, -0.2) is 17.4 Å². The molecule has 0 aliphatic rings. The molecule has 0 aromatic heterocycles. The molecule has 1 N–H and O–H groups in total. The van der Waals surface area contributed by atoms with Crippen LogP contribution in [0.2, 0.25) is 5.02 Å². The van der Waals surface area contributed by atoms with Crippen LogP contribution >= 0.6 is 11.6 Å².